The van der Waals surface area contributed by atoms with Gasteiger partial charge in [0.1, 0.15) is 0 Å². The monoisotopic (exact) mass is 207 g/mol. The zero-order valence-corrected chi connectivity index (χ0v) is 8.30. The van der Waals surface area contributed by atoms with Gasteiger partial charge in [-0.25, -0.2) is 4.79 Å². The minimum absolute atomic E-state index is 0.254. The van der Waals surface area contributed by atoms with E-state index in [4.69, 9.17) is 9.84 Å². The van der Waals surface area contributed by atoms with E-state index in [1.807, 2.05) is 35.2 Å². The molecule has 2 rings (SSSR count). The van der Waals surface area contributed by atoms with Gasteiger partial charge >= 0.3 is 5.97 Å². The number of ether oxygens (including phenoxy) is 1. The van der Waals surface area contributed by atoms with Crippen LogP contribution >= 0.6 is 0 Å². The number of carboxylic acids is 1. The molecule has 0 saturated carbocycles. The topological polar surface area (TPSA) is 49.8 Å². The highest BCUT2D eigenvalue weighted by atomic mass is 16.5. The normalized spacial score (nSPS) is 21.3. The summed E-state index contributed by atoms with van der Waals surface area (Å²) in [4.78, 5) is 12.9. The second-order valence-electron chi connectivity index (χ2n) is 3.46. The predicted molar refractivity (Wildman–Crippen MR) is 56.0 cm³/mol. The molecule has 0 aliphatic carbocycles. The average molecular weight is 207 g/mol. The summed E-state index contributed by atoms with van der Waals surface area (Å²) >= 11 is 0. The summed E-state index contributed by atoms with van der Waals surface area (Å²) in [6, 6.07) is 9.00. The molecule has 1 aromatic carbocycles. The van der Waals surface area contributed by atoms with Crippen LogP contribution in [0, 0.1) is 0 Å². The molecule has 1 aliphatic heterocycles. The average Bonchev–Trinajstić information content (AvgIpc) is 2.30. The van der Waals surface area contributed by atoms with E-state index in [0.717, 1.165) is 5.69 Å². The van der Waals surface area contributed by atoms with Crippen molar-refractivity contribution in [2.75, 3.05) is 24.7 Å². The van der Waals surface area contributed by atoms with Crippen molar-refractivity contribution in [3.05, 3.63) is 30.3 Å². The molecule has 1 saturated heterocycles. The number of morpholine rings is 1. The van der Waals surface area contributed by atoms with Gasteiger partial charge in [0.25, 0.3) is 0 Å². The quantitative estimate of drug-likeness (QED) is 0.785. The lowest BCUT2D eigenvalue weighted by atomic mass is 10.2. The van der Waals surface area contributed by atoms with E-state index in [9.17, 15) is 4.79 Å². The Morgan fingerprint density at radius 3 is 2.80 bits per heavy atom. The molecule has 0 aromatic heterocycles. The lowest BCUT2D eigenvalue weighted by Crippen LogP contribution is -2.50. The van der Waals surface area contributed by atoms with E-state index < -0.39 is 12.0 Å². The van der Waals surface area contributed by atoms with Crippen molar-refractivity contribution < 1.29 is 14.6 Å². The number of aliphatic carboxylic acids is 1. The predicted octanol–water partition coefficient (Wildman–Crippen LogP) is 0.976. The molecule has 0 radical (unpaired) electrons. The largest absolute Gasteiger partial charge is 0.480 e. The van der Waals surface area contributed by atoms with Crippen LogP contribution in [-0.2, 0) is 9.53 Å². The summed E-state index contributed by atoms with van der Waals surface area (Å²) in [5.41, 5.74) is 0.938. The van der Waals surface area contributed by atoms with Crippen molar-refractivity contribution in [3.63, 3.8) is 0 Å². The van der Waals surface area contributed by atoms with Crippen molar-refractivity contribution >= 4 is 11.7 Å². The first-order valence-electron chi connectivity index (χ1n) is 4.91. The highest BCUT2D eigenvalue weighted by molar-refractivity contribution is 5.78. The maximum absolute atomic E-state index is 11.0. The molecule has 0 unspecified atom stereocenters. The molecule has 4 nitrogen and oxygen atoms in total. The van der Waals surface area contributed by atoms with Gasteiger partial charge in [-0.1, -0.05) is 18.2 Å². The van der Waals surface area contributed by atoms with E-state index in [0.29, 0.717) is 13.2 Å². The number of carbonyl (C=O) groups is 1. The molecule has 80 valence electrons. The van der Waals surface area contributed by atoms with Crippen LogP contribution in [0.3, 0.4) is 0 Å². The van der Waals surface area contributed by atoms with E-state index in [-0.39, 0.29) is 6.61 Å². The summed E-state index contributed by atoms with van der Waals surface area (Å²) in [5, 5.41) is 9.05. The van der Waals surface area contributed by atoms with Gasteiger partial charge in [0.05, 0.1) is 13.2 Å². The van der Waals surface area contributed by atoms with E-state index in [1.165, 1.54) is 0 Å². The smallest absolute Gasteiger partial charge is 0.328 e. The molecule has 1 aliphatic rings. The third-order valence-corrected chi connectivity index (χ3v) is 2.50. The van der Waals surface area contributed by atoms with Gasteiger partial charge in [-0.3, -0.25) is 0 Å². The lowest BCUT2D eigenvalue weighted by Gasteiger charge is -2.34. The third-order valence-electron chi connectivity index (χ3n) is 2.50. The second kappa shape index (κ2) is 4.31. The number of anilines is 1. The van der Waals surface area contributed by atoms with Crippen LogP contribution < -0.4 is 4.90 Å². The SMILES string of the molecule is O=C(O)[C@@H]1COCCN1c1ccccc1. The molecule has 15 heavy (non-hydrogen) atoms. The van der Waals surface area contributed by atoms with E-state index >= 15 is 0 Å². The fourth-order valence-electron chi connectivity index (χ4n) is 1.74. The fourth-order valence-corrected chi connectivity index (χ4v) is 1.74. The first kappa shape index (κ1) is 9.98. The van der Waals surface area contributed by atoms with E-state index in [1.54, 1.807) is 0 Å². The van der Waals surface area contributed by atoms with Crippen molar-refractivity contribution in [2.24, 2.45) is 0 Å². The molecular weight excluding hydrogens is 194 g/mol. The van der Waals surface area contributed by atoms with Crippen molar-refractivity contribution in [2.45, 2.75) is 6.04 Å². The summed E-state index contributed by atoms with van der Waals surface area (Å²) in [7, 11) is 0. The molecule has 1 N–H and O–H groups in total. The van der Waals surface area contributed by atoms with Gasteiger partial charge in [-0.2, -0.15) is 0 Å². The Morgan fingerprint density at radius 1 is 1.40 bits per heavy atom. The number of nitrogens with zero attached hydrogens (tertiary/aromatic N) is 1. The molecule has 0 bridgehead atoms. The summed E-state index contributed by atoms with van der Waals surface area (Å²) in [6.45, 7) is 1.46. The zero-order chi connectivity index (χ0) is 10.7. The summed E-state index contributed by atoms with van der Waals surface area (Å²) in [5.74, 6) is -0.835. The van der Waals surface area contributed by atoms with Gasteiger partial charge in [0.15, 0.2) is 6.04 Å². The van der Waals surface area contributed by atoms with Crippen LogP contribution in [-0.4, -0.2) is 36.9 Å². The molecule has 4 heteroatoms. The molecule has 1 atom stereocenters. The van der Waals surface area contributed by atoms with Crippen LogP contribution in [0.25, 0.3) is 0 Å². The Kier molecular flexibility index (Phi) is 2.87. The molecule has 1 heterocycles. The van der Waals surface area contributed by atoms with Crippen LogP contribution in [0.1, 0.15) is 0 Å². The van der Waals surface area contributed by atoms with Gasteiger partial charge in [-0.05, 0) is 12.1 Å². The Morgan fingerprint density at radius 2 is 2.13 bits per heavy atom. The molecule has 1 fully saturated rings. The number of hydrogen-bond acceptors (Lipinski definition) is 3. The Hall–Kier alpha value is -1.55. The molecule has 1 aromatic rings. The summed E-state index contributed by atoms with van der Waals surface area (Å²) in [6.07, 6.45) is 0. The van der Waals surface area contributed by atoms with Crippen molar-refractivity contribution in [1.29, 1.82) is 0 Å². The highest BCUT2D eigenvalue weighted by Gasteiger charge is 2.28. The number of carboxylic acid groups (broad SMARTS) is 1. The van der Waals surface area contributed by atoms with Crippen LogP contribution in [0.15, 0.2) is 30.3 Å². The number of para-hydroxylation sites is 1. The maximum atomic E-state index is 11.0. The highest BCUT2D eigenvalue weighted by Crippen LogP contribution is 2.19. The summed E-state index contributed by atoms with van der Waals surface area (Å²) < 4.78 is 5.17. The Balaban J connectivity index is 2.22. The zero-order valence-electron chi connectivity index (χ0n) is 8.30. The fraction of sp³-hybridized carbons (Fsp3) is 0.364. The number of rotatable bonds is 2. The molecular formula is C11H13NO3. The minimum atomic E-state index is -0.835. The first-order valence-corrected chi connectivity index (χ1v) is 4.91. The second-order valence-corrected chi connectivity index (χ2v) is 3.46. The van der Waals surface area contributed by atoms with Crippen LogP contribution in [0.5, 0.6) is 0 Å². The first-order chi connectivity index (χ1) is 7.29. The van der Waals surface area contributed by atoms with E-state index in [2.05, 4.69) is 0 Å². The van der Waals surface area contributed by atoms with Gasteiger partial charge < -0.3 is 14.7 Å². The van der Waals surface area contributed by atoms with Gasteiger partial charge in [0.2, 0.25) is 0 Å². The minimum Gasteiger partial charge on any atom is -0.480 e. The third kappa shape index (κ3) is 2.10. The van der Waals surface area contributed by atoms with Crippen molar-refractivity contribution in [3.8, 4) is 0 Å². The lowest BCUT2D eigenvalue weighted by molar-refractivity contribution is -0.141. The standard InChI is InChI=1S/C11H13NO3/c13-11(14)10-8-15-7-6-12(10)9-4-2-1-3-5-9/h1-5,10H,6-8H2,(H,13,14)/t10-/m0/s1. The molecule has 0 amide bonds. The molecule has 0 spiro atoms. The Bertz CT molecular complexity index is 339. The van der Waals surface area contributed by atoms with Gasteiger partial charge in [-0.15, -0.1) is 0 Å². The van der Waals surface area contributed by atoms with Crippen LogP contribution in [0.2, 0.25) is 0 Å². The number of hydrogen-bond donors (Lipinski definition) is 1. The van der Waals surface area contributed by atoms with Gasteiger partial charge in [0, 0.05) is 12.2 Å². The Labute approximate surface area is 88.1 Å². The van der Waals surface area contributed by atoms with Crippen molar-refractivity contribution in [1.82, 2.24) is 0 Å². The van der Waals surface area contributed by atoms with Crippen LogP contribution in [0.4, 0.5) is 5.69 Å². The number of benzene rings is 1. The maximum Gasteiger partial charge on any atom is 0.328 e.